The van der Waals surface area contributed by atoms with Gasteiger partial charge in [0.1, 0.15) is 11.6 Å². The molecule has 100 valence electrons. The first-order valence-electron chi connectivity index (χ1n) is 5.45. The number of anilines is 1. The zero-order chi connectivity index (χ0) is 13.8. The highest BCUT2D eigenvalue weighted by atomic mass is 32.2. The summed E-state index contributed by atoms with van der Waals surface area (Å²) in [5.41, 5.74) is 6.24. The maximum absolute atomic E-state index is 13.1. The molecule has 0 saturated carbocycles. The first kappa shape index (κ1) is 13.5. The SMILES string of the molecule is COC(=O)c1ccc(CSc2cc(F)ccc2N)o1. The Hall–Kier alpha value is -1.95. The van der Waals surface area contributed by atoms with E-state index in [2.05, 4.69) is 4.74 Å². The van der Waals surface area contributed by atoms with Crippen LogP contribution in [-0.4, -0.2) is 13.1 Å². The molecule has 0 aliphatic rings. The number of halogens is 1. The van der Waals surface area contributed by atoms with Crippen LogP contribution >= 0.6 is 11.8 Å². The zero-order valence-corrected chi connectivity index (χ0v) is 11.0. The van der Waals surface area contributed by atoms with Gasteiger partial charge in [0.2, 0.25) is 5.76 Å². The van der Waals surface area contributed by atoms with E-state index in [-0.39, 0.29) is 11.6 Å². The van der Waals surface area contributed by atoms with Gasteiger partial charge in [-0.25, -0.2) is 9.18 Å². The summed E-state index contributed by atoms with van der Waals surface area (Å²) < 4.78 is 22.9. The molecule has 0 aliphatic carbocycles. The van der Waals surface area contributed by atoms with Crippen molar-refractivity contribution in [2.24, 2.45) is 0 Å². The molecule has 0 amide bonds. The zero-order valence-electron chi connectivity index (χ0n) is 10.2. The Bertz CT molecular complexity index is 597. The molecule has 19 heavy (non-hydrogen) atoms. The van der Waals surface area contributed by atoms with Gasteiger partial charge in [0, 0.05) is 10.6 Å². The summed E-state index contributed by atoms with van der Waals surface area (Å²) in [6.45, 7) is 0. The lowest BCUT2D eigenvalue weighted by atomic mass is 10.3. The Labute approximate surface area is 113 Å². The van der Waals surface area contributed by atoms with Gasteiger partial charge in [0.25, 0.3) is 0 Å². The third-order valence-electron chi connectivity index (χ3n) is 2.39. The standard InChI is InChI=1S/C13H12FNO3S/c1-17-13(16)11-5-3-9(18-11)7-19-12-6-8(14)2-4-10(12)15/h2-6H,7,15H2,1H3. The number of nitrogen functional groups attached to an aromatic ring is 1. The van der Waals surface area contributed by atoms with Gasteiger partial charge >= 0.3 is 5.97 Å². The highest BCUT2D eigenvalue weighted by Gasteiger charge is 2.11. The molecule has 2 N–H and O–H groups in total. The molecule has 0 radical (unpaired) electrons. The van der Waals surface area contributed by atoms with Gasteiger partial charge in [-0.15, -0.1) is 11.8 Å². The number of nitrogens with two attached hydrogens (primary N) is 1. The summed E-state index contributed by atoms with van der Waals surface area (Å²) >= 11 is 1.34. The fourth-order valence-electron chi connectivity index (χ4n) is 1.45. The van der Waals surface area contributed by atoms with Crippen LogP contribution in [0.15, 0.2) is 39.6 Å². The Morgan fingerprint density at radius 3 is 2.95 bits per heavy atom. The van der Waals surface area contributed by atoms with Crippen LogP contribution in [0.5, 0.6) is 0 Å². The van der Waals surface area contributed by atoms with E-state index in [1.54, 1.807) is 6.07 Å². The maximum Gasteiger partial charge on any atom is 0.373 e. The van der Waals surface area contributed by atoms with Gasteiger partial charge in [-0.3, -0.25) is 0 Å². The Morgan fingerprint density at radius 1 is 1.42 bits per heavy atom. The van der Waals surface area contributed by atoms with E-state index < -0.39 is 5.97 Å². The molecular formula is C13H12FNO3S. The normalized spacial score (nSPS) is 10.4. The van der Waals surface area contributed by atoms with Gasteiger partial charge in [-0.2, -0.15) is 0 Å². The Morgan fingerprint density at radius 2 is 2.21 bits per heavy atom. The van der Waals surface area contributed by atoms with Crippen molar-refractivity contribution in [2.75, 3.05) is 12.8 Å². The maximum atomic E-state index is 13.1. The third kappa shape index (κ3) is 3.29. The quantitative estimate of drug-likeness (QED) is 0.530. The van der Waals surface area contributed by atoms with Crippen molar-refractivity contribution >= 4 is 23.4 Å². The minimum absolute atomic E-state index is 0.144. The largest absolute Gasteiger partial charge is 0.463 e. The van der Waals surface area contributed by atoms with Gasteiger partial charge < -0.3 is 14.9 Å². The van der Waals surface area contributed by atoms with Crippen molar-refractivity contribution in [1.82, 2.24) is 0 Å². The van der Waals surface area contributed by atoms with Crippen LogP contribution in [0.25, 0.3) is 0 Å². The predicted molar refractivity (Wildman–Crippen MR) is 70.4 cm³/mol. The smallest absolute Gasteiger partial charge is 0.373 e. The average Bonchev–Trinajstić information content (AvgIpc) is 2.88. The first-order chi connectivity index (χ1) is 9.10. The lowest BCUT2D eigenvalue weighted by Crippen LogP contribution is -1.98. The Kier molecular flexibility index (Phi) is 4.11. The second-order valence-corrected chi connectivity index (χ2v) is 4.75. The number of carbonyl (C=O) groups is 1. The summed E-state index contributed by atoms with van der Waals surface area (Å²) in [7, 11) is 1.28. The van der Waals surface area contributed by atoms with E-state index >= 15 is 0 Å². The molecule has 0 aliphatic heterocycles. The number of rotatable bonds is 4. The first-order valence-corrected chi connectivity index (χ1v) is 6.43. The molecule has 1 heterocycles. The van der Waals surface area contributed by atoms with Crippen LogP contribution in [-0.2, 0) is 10.5 Å². The van der Waals surface area contributed by atoms with Crippen LogP contribution in [0.1, 0.15) is 16.3 Å². The average molecular weight is 281 g/mol. The molecule has 6 heteroatoms. The van der Waals surface area contributed by atoms with Gasteiger partial charge in [0.05, 0.1) is 12.9 Å². The van der Waals surface area contributed by atoms with Gasteiger partial charge in [-0.05, 0) is 30.3 Å². The summed E-state index contributed by atoms with van der Waals surface area (Å²) in [5.74, 6) is 0.317. The van der Waals surface area contributed by atoms with Crippen LogP contribution < -0.4 is 5.73 Å². The van der Waals surface area contributed by atoms with Crippen molar-refractivity contribution in [1.29, 1.82) is 0 Å². The molecule has 2 aromatic rings. The molecule has 0 atom stereocenters. The van der Waals surface area contributed by atoms with Crippen molar-refractivity contribution in [3.63, 3.8) is 0 Å². The minimum atomic E-state index is -0.526. The third-order valence-corrected chi connectivity index (χ3v) is 3.49. The molecule has 1 aromatic carbocycles. The van der Waals surface area contributed by atoms with Crippen molar-refractivity contribution in [3.05, 3.63) is 47.7 Å². The molecule has 0 unspecified atom stereocenters. The van der Waals surface area contributed by atoms with E-state index in [1.807, 2.05) is 0 Å². The topological polar surface area (TPSA) is 65.5 Å². The van der Waals surface area contributed by atoms with Crippen LogP contribution in [0.4, 0.5) is 10.1 Å². The number of benzene rings is 1. The van der Waals surface area contributed by atoms with E-state index in [0.717, 1.165) is 0 Å². The van der Waals surface area contributed by atoms with Crippen molar-refractivity contribution < 1.29 is 18.3 Å². The van der Waals surface area contributed by atoms with Gasteiger partial charge in [0.15, 0.2) is 0 Å². The number of esters is 1. The molecule has 0 bridgehead atoms. The highest BCUT2D eigenvalue weighted by molar-refractivity contribution is 7.98. The molecule has 1 aromatic heterocycles. The Balaban J connectivity index is 2.04. The van der Waals surface area contributed by atoms with E-state index in [4.69, 9.17) is 10.2 Å². The van der Waals surface area contributed by atoms with Crippen LogP contribution in [0.3, 0.4) is 0 Å². The predicted octanol–water partition coefficient (Wildman–Crippen LogP) is 3.08. The molecule has 0 fully saturated rings. The second-order valence-electron chi connectivity index (χ2n) is 3.73. The molecule has 4 nitrogen and oxygen atoms in total. The monoisotopic (exact) mass is 281 g/mol. The molecule has 2 rings (SSSR count). The molecule has 0 spiro atoms. The van der Waals surface area contributed by atoms with E-state index in [9.17, 15) is 9.18 Å². The molecule has 0 saturated heterocycles. The van der Waals surface area contributed by atoms with Crippen molar-refractivity contribution in [2.45, 2.75) is 10.6 Å². The summed E-state index contributed by atoms with van der Waals surface area (Å²) in [5, 5.41) is 0. The highest BCUT2D eigenvalue weighted by Crippen LogP contribution is 2.29. The fraction of sp³-hybridized carbons (Fsp3) is 0.154. The summed E-state index contributed by atoms with van der Waals surface area (Å²) in [6, 6.07) is 7.40. The second kappa shape index (κ2) is 5.79. The van der Waals surface area contributed by atoms with Crippen LogP contribution in [0, 0.1) is 5.82 Å². The van der Waals surface area contributed by atoms with Gasteiger partial charge in [-0.1, -0.05) is 0 Å². The lowest BCUT2D eigenvalue weighted by Gasteiger charge is -2.03. The minimum Gasteiger partial charge on any atom is -0.463 e. The number of hydrogen-bond acceptors (Lipinski definition) is 5. The number of thioether (sulfide) groups is 1. The number of methoxy groups -OCH3 is 1. The number of carbonyl (C=O) groups excluding carboxylic acids is 1. The summed E-state index contributed by atoms with van der Waals surface area (Å²) in [4.78, 5) is 11.8. The lowest BCUT2D eigenvalue weighted by molar-refractivity contribution is 0.0563. The van der Waals surface area contributed by atoms with Crippen molar-refractivity contribution in [3.8, 4) is 0 Å². The number of furan rings is 1. The van der Waals surface area contributed by atoms with Crippen LogP contribution in [0.2, 0.25) is 0 Å². The van der Waals surface area contributed by atoms with E-state index in [1.165, 1.54) is 43.1 Å². The fourth-order valence-corrected chi connectivity index (χ4v) is 2.33. The number of hydrogen-bond donors (Lipinski definition) is 1. The summed E-state index contributed by atoms with van der Waals surface area (Å²) in [6.07, 6.45) is 0. The molecular weight excluding hydrogens is 269 g/mol. The number of ether oxygens (including phenoxy) is 1. The van der Waals surface area contributed by atoms with E-state index in [0.29, 0.717) is 22.1 Å².